The molecular weight excluding hydrogens is 324 g/mol. The first-order chi connectivity index (χ1) is 10.9. The highest BCUT2D eigenvalue weighted by Crippen LogP contribution is 2.50. The molecule has 0 radical (unpaired) electrons. The molecule has 0 spiro atoms. The summed E-state index contributed by atoms with van der Waals surface area (Å²) in [5.41, 5.74) is -0.466. The summed E-state index contributed by atoms with van der Waals surface area (Å²) in [6.07, 6.45) is 5.89. The van der Waals surface area contributed by atoms with Gasteiger partial charge in [0.2, 0.25) is 0 Å². The molecule has 0 aromatic carbocycles. The van der Waals surface area contributed by atoms with Gasteiger partial charge in [0.25, 0.3) is 0 Å². The fourth-order valence-corrected chi connectivity index (χ4v) is 3.67. The largest absolute Gasteiger partial charge is 0.591 e. The zero-order chi connectivity index (χ0) is 18.2. The van der Waals surface area contributed by atoms with Gasteiger partial charge in [-0.25, -0.2) is 4.79 Å². The molecule has 0 aromatic rings. The second kappa shape index (κ2) is 6.87. The third kappa shape index (κ3) is 5.12. The topological polar surface area (TPSA) is 65.0 Å². The quantitative estimate of drug-likeness (QED) is 0.568. The molecule has 1 unspecified atom stereocenters. The van der Waals surface area contributed by atoms with Gasteiger partial charge in [0.15, 0.2) is 0 Å². The maximum absolute atomic E-state index is 12.3. The van der Waals surface area contributed by atoms with Gasteiger partial charge in [0.05, 0.1) is 6.21 Å². The second-order valence-electron chi connectivity index (χ2n) is 9.07. The first-order valence-corrected chi connectivity index (χ1v) is 9.99. The van der Waals surface area contributed by atoms with Crippen LogP contribution in [0.1, 0.15) is 67.2 Å². The summed E-state index contributed by atoms with van der Waals surface area (Å²) in [7, 11) is 0. The number of amides is 1. The number of nitrogens with zero attached hydrogens (tertiary/aromatic N) is 2. The third-order valence-corrected chi connectivity index (χ3v) is 6.01. The van der Waals surface area contributed by atoms with E-state index in [9.17, 15) is 9.35 Å². The fourth-order valence-electron chi connectivity index (χ4n) is 3.04. The van der Waals surface area contributed by atoms with Crippen LogP contribution in [0, 0.1) is 11.3 Å². The number of piperidine rings is 1. The first-order valence-electron chi connectivity index (χ1n) is 8.88. The van der Waals surface area contributed by atoms with Crippen molar-refractivity contribution in [2.45, 2.75) is 77.6 Å². The maximum atomic E-state index is 12.3. The van der Waals surface area contributed by atoms with Crippen LogP contribution in [0.15, 0.2) is 4.40 Å². The Morgan fingerprint density at radius 2 is 1.75 bits per heavy atom. The fraction of sp³-hybridized carbons (Fsp3) is 0.889. The number of hydrogen-bond acceptors (Lipinski definition) is 4. The highest BCUT2D eigenvalue weighted by atomic mass is 32.2. The van der Waals surface area contributed by atoms with Crippen molar-refractivity contribution in [2.75, 3.05) is 13.1 Å². The van der Waals surface area contributed by atoms with Crippen LogP contribution in [0.5, 0.6) is 0 Å². The molecule has 2 rings (SSSR count). The first kappa shape index (κ1) is 19.6. The van der Waals surface area contributed by atoms with Gasteiger partial charge in [-0.15, -0.1) is 0 Å². The van der Waals surface area contributed by atoms with Crippen LogP contribution in [0.4, 0.5) is 4.79 Å². The molecule has 2 fully saturated rings. The lowest BCUT2D eigenvalue weighted by atomic mass is 9.75. The molecular formula is C18H32N2O3S. The Balaban J connectivity index is 2.00. The molecule has 0 bridgehead atoms. The van der Waals surface area contributed by atoms with E-state index in [1.165, 1.54) is 12.8 Å². The summed E-state index contributed by atoms with van der Waals surface area (Å²) in [6, 6.07) is 0. The van der Waals surface area contributed by atoms with Gasteiger partial charge in [-0.05, 0) is 73.1 Å². The Hall–Kier alpha value is -0.750. The maximum Gasteiger partial charge on any atom is 0.410 e. The van der Waals surface area contributed by atoms with Crippen molar-refractivity contribution in [1.82, 2.24) is 4.90 Å². The van der Waals surface area contributed by atoms with Crippen molar-refractivity contribution in [3.8, 4) is 0 Å². The predicted octanol–water partition coefficient (Wildman–Crippen LogP) is 3.95. The molecule has 1 amide bonds. The minimum atomic E-state index is -1.22. The molecule has 0 N–H and O–H groups in total. The molecule has 5 nitrogen and oxygen atoms in total. The van der Waals surface area contributed by atoms with Crippen LogP contribution >= 0.6 is 0 Å². The number of carbonyl (C=O) groups excluding carboxylic acids is 1. The Kier molecular flexibility index (Phi) is 5.60. The molecule has 1 atom stereocenters. The predicted molar refractivity (Wildman–Crippen MR) is 98.6 cm³/mol. The smallest absolute Gasteiger partial charge is 0.410 e. The van der Waals surface area contributed by atoms with E-state index in [1.54, 1.807) is 4.90 Å². The molecule has 1 saturated heterocycles. The summed E-state index contributed by atoms with van der Waals surface area (Å²) in [4.78, 5) is 14.0. The number of hydrogen-bond donors (Lipinski definition) is 0. The highest BCUT2D eigenvalue weighted by molar-refractivity contribution is 7.91. The SMILES string of the molecule is CC(C)(C)OC(=O)N1CCC(C=N[S+]([O-])C(C)(C)C)(C2CC2)CC1. The Morgan fingerprint density at radius 3 is 2.17 bits per heavy atom. The lowest BCUT2D eigenvalue weighted by molar-refractivity contribution is 0.0145. The van der Waals surface area contributed by atoms with E-state index in [0.717, 1.165) is 12.8 Å². The van der Waals surface area contributed by atoms with Gasteiger partial charge in [0, 0.05) is 18.5 Å². The van der Waals surface area contributed by atoms with Gasteiger partial charge >= 0.3 is 6.09 Å². The molecule has 0 aromatic heterocycles. The van der Waals surface area contributed by atoms with E-state index >= 15 is 0 Å². The van der Waals surface area contributed by atoms with Crippen molar-refractivity contribution < 1.29 is 14.1 Å². The monoisotopic (exact) mass is 356 g/mol. The highest BCUT2D eigenvalue weighted by Gasteiger charge is 2.47. The van der Waals surface area contributed by atoms with Crippen molar-refractivity contribution >= 4 is 23.7 Å². The van der Waals surface area contributed by atoms with E-state index in [0.29, 0.717) is 19.0 Å². The summed E-state index contributed by atoms with van der Waals surface area (Å²) in [5.74, 6) is 0.624. The Bertz CT molecular complexity index is 481. The van der Waals surface area contributed by atoms with Crippen LogP contribution in [-0.4, -0.2) is 45.2 Å². The van der Waals surface area contributed by atoms with E-state index in [-0.39, 0.29) is 16.3 Å². The summed E-state index contributed by atoms with van der Waals surface area (Å²) in [6.45, 7) is 12.8. The zero-order valence-electron chi connectivity index (χ0n) is 15.9. The summed E-state index contributed by atoms with van der Waals surface area (Å²) < 4.78 is 21.8. The van der Waals surface area contributed by atoms with Gasteiger partial charge in [-0.2, -0.15) is 0 Å². The minimum absolute atomic E-state index is 0.000573. The molecule has 138 valence electrons. The van der Waals surface area contributed by atoms with E-state index in [4.69, 9.17) is 4.74 Å². The summed E-state index contributed by atoms with van der Waals surface area (Å²) >= 11 is -1.22. The van der Waals surface area contributed by atoms with Gasteiger partial charge in [-0.1, -0.05) is 4.40 Å². The third-order valence-electron chi connectivity index (χ3n) is 4.67. The van der Waals surface area contributed by atoms with Crippen LogP contribution < -0.4 is 0 Å². The molecule has 1 heterocycles. The van der Waals surface area contributed by atoms with E-state index in [1.807, 2.05) is 47.8 Å². The molecule has 1 aliphatic heterocycles. The van der Waals surface area contributed by atoms with Crippen LogP contribution in [-0.2, 0) is 16.1 Å². The second-order valence-corrected chi connectivity index (χ2v) is 11.0. The molecule has 24 heavy (non-hydrogen) atoms. The van der Waals surface area contributed by atoms with Crippen LogP contribution in [0.3, 0.4) is 0 Å². The molecule has 2 aliphatic rings. The zero-order valence-corrected chi connectivity index (χ0v) is 16.7. The normalized spacial score (nSPS) is 23.4. The van der Waals surface area contributed by atoms with Crippen molar-refractivity contribution in [3.63, 3.8) is 0 Å². The lowest BCUT2D eigenvalue weighted by Crippen LogP contribution is -2.46. The number of likely N-dealkylation sites (tertiary alicyclic amines) is 1. The number of ether oxygens (including phenoxy) is 1. The van der Waals surface area contributed by atoms with E-state index in [2.05, 4.69) is 4.40 Å². The minimum Gasteiger partial charge on any atom is -0.591 e. The molecule has 1 saturated carbocycles. The lowest BCUT2D eigenvalue weighted by Gasteiger charge is -2.40. The Labute approximate surface area is 149 Å². The number of rotatable bonds is 3. The number of carbonyl (C=O) groups is 1. The Morgan fingerprint density at radius 1 is 1.21 bits per heavy atom. The average molecular weight is 357 g/mol. The van der Waals surface area contributed by atoms with Gasteiger partial charge in [0.1, 0.15) is 21.7 Å². The van der Waals surface area contributed by atoms with E-state index < -0.39 is 17.0 Å². The molecule has 6 heteroatoms. The molecule has 1 aliphatic carbocycles. The average Bonchev–Trinajstić information content (AvgIpc) is 3.27. The van der Waals surface area contributed by atoms with Crippen LogP contribution in [0.25, 0.3) is 0 Å². The van der Waals surface area contributed by atoms with Gasteiger partial charge in [-0.3, -0.25) is 0 Å². The van der Waals surface area contributed by atoms with Crippen LogP contribution in [0.2, 0.25) is 0 Å². The van der Waals surface area contributed by atoms with Crippen molar-refractivity contribution in [2.24, 2.45) is 15.7 Å². The standard InChI is InChI=1S/C18H32N2O3S/c1-16(2,3)23-15(21)20-11-9-18(10-12-20,14-7-8-14)13-19-24(22)17(4,5)6/h13-14H,7-12H2,1-6H3. The summed E-state index contributed by atoms with van der Waals surface area (Å²) in [5, 5.41) is 0. The van der Waals surface area contributed by atoms with Crippen molar-refractivity contribution in [3.05, 3.63) is 0 Å². The van der Waals surface area contributed by atoms with Crippen molar-refractivity contribution in [1.29, 1.82) is 0 Å². The van der Waals surface area contributed by atoms with Gasteiger partial charge < -0.3 is 14.2 Å².